The number of rotatable bonds is 10. The van der Waals surface area contributed by atoms with E-state index in [4.69, 9.17) is 5.14 Å². The van der Waals surface area contributed by atoms with Gasteiger partial charge in [0.2, 0.25) is 0 Å². The number of hydrogen-bond acceptors (Lipinski definition) is 5. The highest BCUT2D eigenvalue weighted by Gasteiger charge is 2.20. The van der Waals surface area contributed by atoms with Gasteiger partial charge in [0.05, 0.1) is 10.5 Å². The van der Waals surface area contributed by atoms with Crippen molar-refractivity contribution in [3.63, 3.8) is 0 Å². The molecule has 3 rings (SSSR count). The maximum absolute atomic E-state index is 12.4. The van der Waals surface area contributed by atoms with Crippen LogP contribution in [0.1, 0.15) is 68.2 Å². The van der Waals surface area contributed by atoms with Gasteiger partial charge in [0.15, 0.2) is 0 Å². The molecule has 1 aromatic heterocycles. The summed E-state index contributed by atoms with van der Waals surface area (Å²) in [6, 6.07) is 15.9. The van der Waals surface area contributed by atoms with E-state index < -0.39 is 11.0 Å². The molecule has 0 aliphatic rings. The van der Waals surface area contributed by atoms with Gasteiger partial charge in [-0.3, -0.25) is 0 Å². The van der Waals surface area contributed by atoms with Crippen molar-refractivity contribution in [2.75, 3.05) is 12.4 Å². The van der Waals surface area contributed by atoms with Gasteiger partial charge in [-0.1, -0.05) is 65.3 Å². The standard InChI is InChI=1S/C15H24N2S.C8H9F.C8H9NO2S/c1-6-10(3)11(4)8-12-13(9-16)15(17-5)18-14(12)7-2;1-2-7-4-3-5-8(9)6-7;9-12(11)8-3-1-7(2-4-8)5-6-10/h10-11,17H,6-8H2,1-5H3;3-6H,2H2,1H3;1-4,6H,5,9H2. The van der Waals surface area contributed by atoms with Crippen LogP contribution in [-0.4, -0.2) is 17.5 Å². The van der Waals surface area contributed by atoms with Crippen LogP contribution in [0.4, 0.5) is 9.39 Å². The number of carbonyl (C=O) groups is 1. The molecular formula is C31H42FN3O2S2. The lowest BCUT2D eigenvalue weighted by Gasteiger charge is -2.18. The predicted octanol–water partition coefficient (Wildman–Crippen LogP) is 7.25. The highest BCUT2D eigenvalue weighted by atomic mass is 32.2. The summed E-state index contributed by atoms with van der Waals surface area (Å²) in [4.78, 5) is 12.0. The summed E-state index contributed by atoms with van der Waals surface area (Å²) < 4.78 is 23.1. The summed E-state index contributed by atoms with van der Waals surface area (Å²) in [5, 5.41) is 18.7. The van der Waals surface area contributed by atoms with E-state index in [1.54, 1.807) is 47.7 Å². The van der Waals surface area contributed by atoms with Crippen LogP contribution in [0, 0.1) is 29.0 Å². The second-order valence-electron chi connectivity index (χ2n) is 9.29. The number of aldehydes is 1. The molecule has 1 heterocycles. The Bertz CT molecular complexity index is 1220. The van der Waals surface area contributed by atoms with Gasteiger partial charge in [-0.2, -0.15) is 5.26 Å². The number of carbonyl (C=O) groups excluding carboxylic acids is 1. The van der Waals surface area contributed by atoms with Crippen molar-refractivity contribution >= 4 is 33.6 Å². The Balaban J connectivity index is 0.000000312. The zero-order valence-corrected chi connectivity index (χ0v) is 25.6. The molecular weight excluding hydrogens is 529 g/mol. The number of nitrogens with two attached hydrogens (primary N) is 1. The predicted molar refractivity (Wildman–Crippen MR) is 163 cm³/mol. The van der Waals surface area contributed by atoms with E-state index in [1.807, 2.05) is 20.0 Å². The topological polar surface area (TPSA) is 96.0 Å². The van der Waals surface area contributed by atoms with Crippen molar-refractivity contribution in [3.8, 4) is 6.07 Å². The van der Waals surface area contributed by atoms with E-state index in [1.165, 1.54) is 22.9 Å². The van der Waals surface area contributed by atoms with E-state index in [2.05, 4.69) is 39.1 Å². The van der Waals surface area contributed by atoms with Crippen molar-refractivity contribution < 1.29 is 13.4 Å². The molecule has 0 saturated heterocycles. The first-order valence-corrected chi connectivity index (χ1v) is 15.3. The molecule has 0 fully saturated rings. The fourth-order valence-corrected chi connectivity index (χ4v) is 5.32. The lowest BCUT2D eigenvalue weighted by molar-refractivity contribution is -0.107. The maximum Gasteiger partial charge on any atom is 0.124 e. The fraction of sp³-hybridized carbons (Fsp3) is 0.419. The van der Waals surface area contributed by atoms with Crippen LogP contribution >= 0.6 is 11.3 Å². The number of nitriles is 1. The molecule has 39 heavy (non-hydrogen) atoms. The van der Waals surface area contributed by atoms with Crippen LogP contribution in [0.3, 0.4) is 0 Å². The summed E-state index contributed by atoms with van der Waals surface area (Å²) in [5.74, 6) is 1.19. The van der Waals surface area contributed by atoms with Gasteiger partial charge in [0.25, 0.3) is 0 Å². The van der Waals surface area contributed by atoms with E-state index in [9.17, 15) is 18.7 Å². The first-order valence-electron chi connectivity index (χ1n) is 13.3. The molecule has 0 spiro atoms. The van der Waals surface area contributed by atoms with Crippen LogP contribution in [0.2, 0.25) is 0 Å². The number of thiophene rings is 1. The molecule has 3 atom stereocenters. The average molecular weight is 572 g/mol. The molecule has 212 valence electrons. The second kappa shape index (κ2) is 18.4. The Labute approximate surface area is 240 Å². The van der Waals surface area contributed by atoms with Crippen LogP contribution in [-0.2, 0) is 41.5 Å². The summed E-state index contributed by atoms with van der Waals surface area (Å²) in [7, 11) is 0.467. The van der Waals surface area contributed by atoms with Crippen molar-refractivity contribution in [1.82, 2.24) is 0 Å². The van der Waals surface area contributed by atoms with Crippen molar-refractivity contribution in [2.24, 2.45) is 17.0 Å². The lowest BCUT2D eigenvalue weighted by atomic mass is 9.87. The largest absolute Gasteiger partial charge is 0.379 e. The zero-order valence-electron chi connectivity index (χ0n) is 23.9. The van der Waals surface area contributed by atoms with Crippen LogP contribution in [0.25, 0.3) is 0 Å². The minimum Gasteiger partial charge on any atom is -0.379 e. The molecule has 3 aromatic rings. The molecule has 8 heteroatoms. The Hall–Kier alpha value is -2.86. The quantitative estimate of drug-likeness (QED) is 0.251. The number of nitrogens with one attached hydrogen (secondary N) is 1. The molecule has 2 aromatic carbocycles. The Morgan fingerprint density at radius 1 is 1.08 bits per heavy atom. The fourth-order valence-electron chi connectivity index (χ4n) is 3.85. The number of nitrogens with zero attached hydrogens (tertiary/aromatic N) is 1. The number of aryl methyl sites for hydroxylation is 2. The van der Waals surface area contributed by atoms with Gasteiger partial charge < -0.3 is 10.1 Å². The van der Waals surface area contributed by atoms with E-state index in [-0.39, 0.29) is 5.82 Å². The second-order valence-corrected chi connectivity index (χ2v) is 11.5. The van der Waals surface area contributed by atoms with E-state index in [0.29, 0.717) is 23.2 Å². The third-order valence-corrected chi connectivity index (χ3v) is 8.79. The van der Waals surface area contributed by atoms with E-state index in [0.717, 1.165) is 47.2 Å². The minimum absolute atomic E-state index is 0.144. The van der Waals surface area contributed by atoms with Gasteiger partial charge in [-0.15, -0.1) is 11.3 Å². The van der Waals surface area contributed by atoms with Crippen molar-refractivity contribution in [1.29, 1.82) is 5.26 Å². The Morgan fingerprint density at radius 2 is 1.74 bits per heavy atom. The molecule has 3 N–H and O–H groups in total. The van der Waals surface area contributed by atoms with Crippen LogP contribution in [0.5, 0.6) is 0 Å². The lowest BCUT2D eigenvalue weighted by Crippen LogP contribution is -2.11. The average Bonchev–Trinajstić information content (AvgIpc) is 3.29. The third kappa shape index (κ3) is 11.4. The molecule has 0 aliphatic heterocycles. The molecule has 0 aliphatic carbocycles. The SMILES string of the molecule is CCc1cccc(F)c1.CCc1sc(NC)c(C#N)c1CC(C)C(C)CC.NS(=O)c1ccc(CC=O)cc1. The summed E-state index contributed by atoms with van der Waals surface area (Å²) >= 11 is 1.74. The molecule has 0 radical (unpaired) electrons. The van der Waals surface area contributed by atoms with Crippen molar-refractivity contribution in [3.05, 3.63) is 81.5 Å². The van der Waals surface area contributed by atoms with E-state index >= 15 is 0 Å². The normalized spacial score (nSPS) is 12.5. The minimum atomic E-state index is -1.43. The molecule has 0 bridgehead atoms. The molecule has 0 saturated carbocycles. The van der Waals surface area contributed by atoms with Gasteiger partial charge in [0.1, 0.15) is 34.2 Å². The number of hydrogen-bond donors (Lipinski definition) is 2. The Kier molecular flexibility index (Phi) is 16.1. The first kappa shape index (κ1) is 34.2. The number of halogens is 1. The monoisotopic (exact) mass is 571 g/mol. The summed E-state index contributed by atoms with van der Waals surface area (Å²) in [6.07, 6.45) is 5.36. The molecule has 0 amide bonds. The zero-order chi connectivity index (χ0) is 29.4. The van der Waals surface area contributed by atoms with Gasteiger partial charge >= 0.3 is 0 Å². The maximum atomic E-state index is 12.4. The third-order valence-electron chi connectivity index (χ3n) is 6.66. The molecule has 3 unspecified atom stereocenters. The van der Waals surface area contributed by atoms with Crippen LogP contribution < -0.4 is 10.5 Å². The van der Waals surface area contributed by atoms with Gasteiger partial charge in [0, 0.05) is 18.3 Å². The summed E-state index contributed by atoms with van der Waals surface area (Å²) in [5.41, 5.74) is 4.10. The highest BCUT2D eigenvalue weighted by molar-refractivity contribution is 7.82. The number of anilines is 1. The highest BCUT2D eigenvalue weighted by Crippen LogP contribution is 2.35. The summed E-state index contributed by atoms with van der Waals surface area (Å²) in [6.45, 7) is 11.0. The molecule has 5 nitrogen and oxygen atoms in total. The van der Waals surface area contributed by atoms with Crippen LogP contribution in [0.15, 0.2) is 53.4 Å². The smallest absolute Gasteiger partial charge is 0.124 e. The van der Waals surface area contributed by atoms with Gasteiger partial charge in [-0.25, -0.2) is 13.7 Å². The number of benzene rings is 2. The first-order chi connectivity index (χ1) is 18.6. The van der Waals surface area contributed by atoms with Gasteiger partial charge in [-0.05, 0) is 72.1 Å². The Morgan fingerprint density at radius 3 is 2.18 bits per heavy atom. The van der Waals surface area contributed by atoms with Crippen molar-refractivity contribution in [2.45, 2.75) is 71.6 Å².